The van der Waals surface area contributed by atoms with Gasteiger partial charge in [0.25, 0.3) is 0 Å². The molecule has 1 fully saturated rings. The van der Waals surface area contributed by atoms with Crippen molar-refractivity contribution in [1.29, 1.82) is 0 Å². The molecule has 86 valence electrons. The first-order valence-electron chi connectivity index (χ1n) is 5.33. The second kappa shape index (κ2) is 4.25. The summed E-state index contributed by atoms with van der Waals surface area (Å²) in [5.41, 5.74) is 2.11. The third kappa shape index (κ3) is 1.77. The molecule has 1 saturated heterocycles. The van der Waals surface area contributed by atoms with E-state index in [2.05, 4.69) is 10.2 Å². The van der Waals surface area contributed by atoms with Crippen LogP contribution in [0.15, 0.2) is 12.1 Å². The van der Waals surface area contributed by atoms with E-state index in [4.69, 9.17) is 0 Å². The number of fused-ring (bicyclic) bond motifs is 3. The molecule has 0 radical (unpaired) electrons. The Morgan fingerprint density at radius 3 is 3.25 bits per heavy atom. The number of thioether (sulfide) groups is 1. The maximum absolute atomic E-state index is 13.6. The fraction of sp³-hybridized carbons (Fsp3) is 0.455. The highest BCUT2D eigenvalue weighted by Gasteiger charge is 2.29. The summed E-state index contributed by atoms with van der Waals surface area (Å²) in [7, 11) is 0. The first kappa shape index (κ1) is 11.0. The van der Waals surface area contributed by atoms with Crippen molar-refractivity contribution in [2.75, 3.05) is 34.8 Å². The van der Waals surface area contributed by atoms with Crippen molar-refractivity contribution in [3.8, 4) is 0 Å². The number of benzene rings is 1. The van der Waals surface area contributed by atoms with Gasteiger partial charge in [0, 0.05) is 30.7 Å². The monoisotopic (exact) mass is 350 g/mol. The normalized spacial score (nSPS) is 23.4. The standard InChI is InChI=1S/C11H12FIN2S/c12-8-3-11-10(4-9(8)13)14-5-7-6-16-2-1-15(7)11/h3-4,7,14H,1-2,5-6H2. The van der Waals surface area contributed by atoms with E-state index in [0.29, 0.717) is 9.61 Å². The van der Waals surface area contributed by atoms with Gasteiger partial charge in [0.05, 0.1) is 21.0 Å². The van der Waals surface area contributed by atoms with Gasteiger partial charge in [0.15, 0.2) is 0 Å². The van der Waals surface area contributed by atoms with E-state index < -0.39 is 0 Å². The van der Waals surface area contributed by atoms with Crippen molar-refractivity contribution in [2.24, 2.45) is 0 Å². The Balaban J connectivity index is 2.04. The number of rotatable bonds is 0. The van der Waals surface area contributed by atoms with Crippen LogP contribution < -0.4 is 10.2 Å². The van der Waals surface area contributed by atoms with Crippen LogP contribution in [-0.2, 0) is 0 Å². The van der Waals surface area contributed by atoms with E-state index in [1.54, 1.807) is 6.07 Å². The van der Waals surface area contributed by atoms with Gasteiger partial charge in [-0.25, -0.2) is 4.39 Å². The van der Waals surface area contributed by atoms with E-state index in [1.807, 2.05) is 40.4 Å². The van der Waals surface area contributed by atoms with Crippen molar-refractivity contribution in [3.05, 3.63) is 21.5 Å². The number of halogens is 2. The van der Waals surface area contributed by atoms with Crippen LogP contribution in [0.1, 0.15) is 0 Å². The lowest BCUT2D eigenvalue weighted by molar-refractivity contribution is 0.610. The highest BCUT2D eigenvalue weighted by atomic mass is 127. The molecular formula is C11H12FIN2S. The predicted octanol–water partition coefficient (Wildman–Crippen LogP) is 2.78. The molecule has 0 aromatic heterocycles. The van der Waals surface area contributed by atoms with Crippen LogP contribution >= 0.6 is 34.4 Å². The van der Waals surface area contributed by atoms with Gasteiger partial charge in [-0.1, -0.05) is 0 Å². The summed E-state index contributed by atoms with van der Waals surface area (Å²) in [5.74, 6) is 2.17. The van der Waals surface area contributed by atoms with Gasteiger partial charge in [-0.05, 0) is 28.7 Å². The average molecular weight is 350 g/mol. The highest BCUT2D eigenvalue weighted by molar-refractivity contribution is 14.1. The number of nitrogens with one attached hydrogen (secondary N) is 1. The maximum Gasteiger partial charge on any atom is 0.138 e. The Kier molecular flexibility index (Phi) is 2.91. The van der Waals surface area contributed by atoms with Crippen LogP contribution in [0.2, 0.25) is 0 Å². The van der Waals surface area contributed by atoms with Gasteiger partial charge in [0.1, 0.15) is 5.82 Å². The molecule has 1 atom stereocenters. The van der Waals surface area contributed by atoms with Gasteiger partial charge in [-0.3, -0.25) is 0 Å². The smallest absolute Gasteiger partial charge is 0.138 e. The Bertz CT molecular complexity index is 427. The molecule has 0 spiro atoms. The van der Waals surface area contributed by atoms with Gasteiger partial charge in [-0.15, -0.1) is 0 Å². The zero-order valence-corrected chi connectivity index (χ0v) is 11.6. The summed E-state index contributed by atoms with van der Waals surface area (Å²) in [5, 5.41) is 3.40. The summed E-state index contributed by atoms with van der Waals surface area (Å²) >= 11 is 4.03. The molecule has 2 heterocycles. The third-order valence-electron chi connectivity index (χ3n) is 3.10. The number of anilines is 2. The van der Waals surface area contributed by atoms with E-state index in [0.717, 1.165) is 36.0 Å². The van der Waals surface area contributed by atoms with Crippen LogP contribution in [0.25, 0.3) is 0 Å². The minimum Gasteiger partial charge on any atom is -0.381 e. The Labute approximate surface area is 112 Å². The Hall–Kier alpha value is -0.170. The number of hydrogen-bond donors (Lipinski definition) is 1. The van der Waals surface area contributed by atoms with Gasteiger partial charge in [-0.2, -0.15) is 11.8 Å². The van der Waals surface area contributed by atoms with Gasteiger partial charge in [0.2, 0.25) is 0 Å². The van der Waals surface area contributed by atoms with Crippen LogP contribution in [0.4, 0.5) is 15.8 Å². The lowest BCUT2D eigenvalue weighted by Gasteiger charge is -2.42. The SMILES string of the molecule is Fc1cc2c(cc1I)NCC1CSCCN21. The molecule has 0 bridgehead atoms. The van der Waals surface area contributed by atoms with Gasteiger partial charge < -0.3 is 10.2 Å². The van der Waals surface area contributed by atoms with E-state index in [-0.39, 0.29) is 5.82 Å². The third-order valence-corrected chi connectivity index (χ3v) is 5.02. The molecule has 16 heavy (non-hydrogen) atoms. The molecule has 0 saturated carbocycles. The predicted molar refractivity (Wildman–Crippen MR) is 76.1 cm³/mol. The summed E-state index contributed by atoms with van der Waals surface area (Å²) < 4.78 is 14.3. The first-order chi connectivity index (χ1) is 7.75. The van der Waals surface area contributed by atoms with Crippen molar-refractivity contribution >= 4 is 45.7 Å². The summed E-state index contributed by atoms with van der Waals surface area (Å²) in [4.78, 5) is 2.35. The second-order valence-corrected chi connectivity index (χ2v) is 6.40. The molecule has 1 N–H and O–H groups in total. The Morgan fingerprint density at radius 2 is 2.38 bits per heavy atom. The minimum atomic E-state index is -0.111. The van der Waals surface area contributed by atoms with E-state index >= 15 is 0 Å². The van der Waals surface area contributed by atoms with E-state index in [9.17, 15) is 4.39 Å². The summed E-state index contributed by atoms with van der Waals surface area (Å²) in [6, 6.07) is 4.10. The molecule has 1 aromatic rings. The average Bonchev–Trinajstić information content (AvgIpc) is 2.31. The van der Waals surface area contributed by atoms with Crippen LogP contribution in [0.3, 0.4) is 0 Å². The lowest BCUT2D eigenvalue weighted by atomic mass is 10.1. The topological polar surface area (TPSA) is 15.3 Å². The van der Waals surface area contributed by atoms with Crippen LogP contribution in [0, 0.1) is 9.39 Å². The first-order valence-corrected chi connectivity index (χ1v) is 7.56. The molecule has 2 aliphatic rings. The highest BCUT2D eigenvalue weighted by Crippen LogP contribution is 2.36. The van der Waals surface area contributed by atoms with E-state index in [1.165, 1.54) is 0 Å². The summed E-state index contributed by atoms with van der Waals surface area (Å²) in [6.45, 7) is 2.01. The lowest BCUT2D eigenvalue weighted by Crippen LogP contribution is -2.49. The fourth-order valence-corrected chi connectivity index (χ4v) is 3.81. The molecule has 3 rings (SSSR count). The number of hydrogen-bond acceptors (Lipinski definition) is 3. The summed E-state index contributed by atoms with van der Waals surface area (Å²) in [6.07, 6.45) is 0. The van der Waals surface area contributed by atoms with Crippen LogP contribution in [-0.4, -0.2) is 30.6 Å². The molecule has 2 aliphatic heterocycles. The zero-order chi connectivity index (χ0) is 11.1. The minimum absolute atomic E-state index is 0.111. The van der Waals surface area contributed by atoms with Crippen molar-refractivity contribution in [3.63, 3.8) is 0 Å². The van der Waals surface area contributed by atoms with Crippen LogP contribution in [0.5, 0.6) is 0 Å². The quantitative estimate of drug-likeness (QED) is 0.725. The zero-order valence-electron chi connectivity index (χ0n) is 8.67. The molecule has 0 aliphatic carbocycles. The Morgan fingerprint density at radius 1 is 1.50 bits per heavy atom. The van der Waals surface area contributed by atoms with Crippen molar-refractivity contribution < 1.29 is 4.39 Å². The molecule has 2 nitrogen and oxygen atoms in total. The molecular weight excluding hydrogens is 338 g/mol. The molecule has 1 unspecified atom stereocenters. The maximum atomic E-state index is 13.6. The van der Waals surface area contributed by atoms with Crippen molar-refractivity contribution in [2.45, 2.75) is 6.04 Å². The molecule has 1 aromatic carbocycles. The second-order valence-electron chi connectivity index (χ2n) is 4.09. The largest absolute Gasteiger partial charge is 0.381 e. The fourth-order valence-electron chi connectivity index (χ4n) is 2.28. The van der Waals surface area contributed by atoms with Crippen molar-refractivity contribution in [1.82, 2.24) is 0 Å². The number of nitrogens with zero attached hydrogens (tertiary/aromatic N) is 1. The van der Waals surface area contributed by atoms with Gasteiger partial charge >= 0.3 is 0 Å². The molecule has 5 heteroatoms. The molecule has 0 amide bonds.